The van der Waals surface area contributed by atoms with Crippen LogP contribution in [-0.2, 0) is 4.74 Å². The number of benzene rings is 1. The first-order valence-corrected chi connectivity index (χ1v) is 11.4. The van der Waals surface area contributed by atoms with Crippen molar-refractivity contribution in [2.75, 3.05) is 26.2 Å². The van der Waals surface area contributed by atoms with Crippen molar-refractivity contribution in [1.82, 2.24) is 14.8 Å². The van der Waals surface area contributed by atoms with E-state index in [1.807, 2.05) is 27.7 Å². The number of halogens is 2. The van der Waals surface area contributed by atoms with Gasteiger partial charge in [0.1, 0.15) is 23.3 Å². The lowest BCUT2D eigenvalue weighted by Crippen LogP contribution is -2.55. The molecule has 1 aromatic heterocycles. The van der Waals surface area contributed by atoms with Crippen LogP contribution in [0.15, 0.2) is 30.5 Å². The van der Waals surface area contributed by atoms with Crippen LogP contribution >= 0.6 is 0 Å². The third-order valence-electron chi connectivity index (χ3n) is 5.63. The second-order valence-corrected chi connectivity index (χ2v) is 9.70. The maximum absolute atomic E-state index is 14.3. The maximum atomic E-state index is 14.3. The van der Waals surface area contributed by atoms with Crippen LogP contribution in [0.1, 0.15) is 55.4 Å². The maximum Gasteiger partial charge on any atom is 0.410 e. The number of aromatic nitrogens is 1. The van der Waals surface area contributed by atoms with Gasteiger partial charge in [-0.15, -0.1) is 0 Å². The highest BCUT2D eigenvalue weighted by atomic mass is 19.1. The van der Waals surface area contributed by atoms with Crippen LogP contribution in [0.25, 0.3) is 0 Å². The van der Waals surface area contributed by atoms with E-state index in [1.54, 1.807) is 24.0 Å². The number of amides is 1. The van der Waals surface area contributed by atoms with E-state index in [1.165, 1.54) is 6.07 Å². The fourth-order valence-corrected chi connectivity index (χ4v) is 3.85. The summed E-state index contributed by atoms with van der Waals surface area (Å²) in [4.78, 5) is 31.0. The van der Waals surface area contributed by atoms with Gasteiger partial charge in [0, 0.05) is 38.3 Å². The van der Waals surface area contributed by atoms with Crippen molar-refractivity contribution in [3.8, 4) is 5.75 Å². The Morgan fingerprint density at radius 2 is 1.91 bits per heavy atom. The van der Waals surface area contributed by atoms with Gasteiger partial charge in [-0.3, -0.25) is 4.90 Å². The first-order chi connectivity index (χ1) is 16.3. The standard InChI is InChI=1S/C25H31F2N3O5/c1-15-6-7-17(10-19(15)26)21(34-18-11-20(27)22(23(31)32)28-12-18)14-29-8-9-30(16(2)13-29)24(33)35-25(3,4)5/h6-7,10-12,16,21H,8-9,13-14H2,1-5H3,(H,31,32)/t16-,21-/m1/s1. The molecule has 0 radical (unpaired) electrons. The van der Waals surface area contributed by atoms with Crippen molar-refractivity contribution >= 4 is 12.1 Å². The third-order valence-corrected chi connectivity index (χ3v) is 5.63. The fraction of sp³-hybridized carbons (Fsp3) is 0.480. The number of rotatable bonds is 6. The molecule has 0 spiro atoms. The SMILES string of the molecule is Cc1ccc([C@@H](CN2CCN(C(=O)OC(C)(C)C)[C@H](C)C2)Oc2cnc(C(=O)O)c(F)c2)cc1F. The van der Waals surface area contributed by atoms with Crippen LogP contribution < -0.4 is 4.74 Å². The van der Waals surface area contributed by atoms with Crippen molar-refractivity contribution in [2.45, 2.75) is 52.4 Å². The molecule has 3 rings (SSSR count). The smallest absolute Gasteiger partial charge is 0.410 e. The summed E-state index contributed by atoms with van der Waals surface area (Å²) in [5.74, 6) is -2.88. The summed E-state index contributed by atoms with van der Waals surface area (Å²) < 4.78 is 40.0. The molecule has 1 N–H and O–H groups in total. The number of aryl methyl sites for hydroxylation is 1. The number of carboxylic acids is 1. The first kappa shape index (κ1) is 26.3. The number of aromatic carboxylic acids is 1. The highest BCUT2D eigenvalue weighted by Gasteiger charge is 2.32. The minimum absolute atomic E-state index is 0.0268. The van der Waals surface area contributed by atoms with Crippen LogP contribution in [0.4, 0.5) is 13.6 Å². The molecule has 2 atom stereocenters. The number of carbonyl (C=O) groups is 2. The van der Waals surface area contributed by atoms with E-state index in [4.69, 9.17) is 14.6 Å². The van der Waals surface area contributed by atoms with Gasteiger partial charge < -0.3 is 19.5 Å². The van der Waals surface area contributed by atoms with E-state index >= 15 is 0 Å². The molecule has 1 saturated heterocycles. The van der Waals surface area contributed by atoms with Gasteiger partial charge in [0.15, 0.2) is 11.5 Å². The van der Waals surface area contributed by atoms with E-state index in [2.05, 4.69) is 9.88 Å². The zero-order chi connectivity index (χ0) is 25.9. The summed E-state index contributed by atoms with van der Waals surface area (Å²) in [7, 11) is 0. The van der Waals surface area contributed by atoms with Gasteiger partial charge in [-0.05, 0) is 51.8 Å². The molecule has 2 heterocycles. The predicted molar refractivity (Wildman–Crippen MR) is 125 cm³/mol. The van der Waals surface area contributed by atoms with Gasteiger partial charge in [-0.1, -0.05) is 12.1 Å². The summed E-state index contributed by atoms with van der Waals surface area (Å²) in [6.07, 6.45) is 0.0630. The molecule has 0 aliphatic carbocycles. The van der Waals surface area contributed by atoms with Gasteiger partial charge in [-0.25, -0.2) is 23.4 Å². The number of piperazine rings is 1. The van der Waals surface area contributed by atoms with Crippen molar-refractivity contribution in [3.63, 3.8) is 0 Å². The Labute approximate surface area is 203 Å². The molecule has 1 aromatic carbocycles. The molecule has 0 unspecified atom stereocenters. The van der Waals surface area contributed by atoms with Crippen molar-refractivity contribution in [3.05, 3.63) is 58.9 Å². The predicted octanol–water partition coefficient (Wildman–Crippen LogP) is 4.43. The van der Waals surface area contributed by atoms with Gasteiger partial charge in [0.2, 0.25) is 0 Å². The Hall–Kier alpha value is -3.27. The molecule has 1 amide bonds. The molecule has 0 saturated carbocycles. The van der Waals surface area contributed by atoms with Gasteiger partial charge in [0.25, 0.3) is 0 Å². The van der Waals surface area contributed by atoms with Crippen molar-refractivity contribution in [2.24, 2.45) is 0 Å². The molecule has 190 valence electrons. The second-order valence-electron chi connectivity index (χ2n) is 9.70. The van der Waals surface area contributed by atoms with Crippen LogP contribution in [0.5, 0.6) is 5.75 Å². The Morgan fingerprint density at radius 3 is 2.49 bits per heavy atom. The molecule has 2 aromatic rings. The van der Waals surface area contributed by atoms with E-state index < -0.39 is 35.0 Å². The Morgan fingerprint density at radius 1 is 1.20 bits per heavy atom. The topological polar surface area (TPSA) is 92.2 Å². The lowest BCUT2D eigenvalue weighted by Gasteiger charge is -2.41. The molecular formula is C25H31F2N3O5. The quantitative estimate of drug-likeness (QED) is 0.639. The number of hydrogen-bond donors (Lipinski definition) is 1. The second kappa shape index (κ2) is 10.6. The highest BCUT2D eigenvalue weighted by molar-refractivity contribution is 5.85. The zero-order valence-corrected chi connectivity index (χ0v) is 20.5. The van der Waals surface area contributed by atoms with E-state index in [9.17, 15) is 18.4 Å². The minimum atomic E-state index is -1.48. The molecule has 1 fully saturated rings. The lowest BCUT2D eigenvalue weighted by atomic mass is 10.0. The monoisotopic (exact) mass is 491 g/mol. The minimum Gasteiger partial charge on any atom is -0.483 e. The molecule has 1 aliphatic rings. The molecular weight excluding hydrogens is 460 g/mol. The summed E-state index contributed by atoms with van der Waals surface area (Å²) >= 11 is 0. The third kappa shape index (κ3) is 6.88. The van der Waals surface area contributed by atoms with Gasteiger partial charge >= 0.3 is 12.1 Å². The normalized spacial score (nSPS) is 17.7. The summed E-state index contributed by atoms with van der Waals surface area (Å²) in [6.45, 7) is 10.8. The first-order valence-electron chi connectivity index (χ1n) is 11.4. The van der Waals surface area contributed by atoms with Gasteiger partial charge in [0.05, 0.1) is 6.20 Å². The van der Waals surface area contributed by atoms with Crippen LogP contribution in [0.2, 0.25) is 0 Å². The van der Waals surface area contributed by atoms with Crippen LogP contribution in [-0.4, -0.2) is 69.8 Å². The van der Waals surface area contributed by atoms with Crippen molar-refractivity contribution < 1.29 is 33.0 Å². The zero-order valence-electron chi connectivity index (χ0n) is 20.5. The fourth-order valence-electron chi connectivity index (χ4n) is 3.85. The largest absolute Gasteiger partial charge is 0.483 e. The molecule has 35 heavy (non-hydrogen) atoms. The Balaban J connectivity index is 1.78. The molecule has 1 aliphatic heterocycles. The molecule has 0 bridgehead atoms. The van der Waals surface area contributed by atoms with Crippen LogP contribution in [0.3, 0.4) is 0 Å². The Kier molecular flexibility index (Phi) is 7.94. The summed E-state index contributed by atoms with van der Waals surface area (Å²) in [5, 5.41) is 9.01. The molecule has 10 heteroatoms. The average molecular weight is 492 g/mol. The number of carboxylic acid groups (broad SMARTS) is 1. The summed E-state index contributed by atoms with van der Waals surface area (Å²) in [6, 6.07) is 5.56. The number of ether oxygens (including phenoxy) is 2. The van der Waals surface area contributed by atoms with Gasteiger partial charge in [-0.2, -0.15) is 0 Å². The molecule has 8 nitrogen and oxygen atoms in total. The number of hydrogen-bond acceptors (Lipinski definition) is 6. The average Bonchev–Trinajstić information content (AvgIpc) is 2.74. The van der Waals surface area contributed by atoms with Crippen LogP contribution in [0, 0.1) is 18.6 Å². The van der Waals surface area contributed by atoms with E-state index in [0.717, 1.165) is 12.3 Å². The lowest BCUT2D eigenvalue weighted by molar-refractivity contribution is -0.00301. The van der Waals surface area contributed by atoms with E-state index in [0.29, 0.717) is 37.3 Å². The van der Waals surface area contributed by atoms with Crippen molar-refractivity contribution in [1.29, 1.82) is 0 Å². The number of carbonyl (C=O) groups excluding carboxylic acids is 1. The number of nitrogens with zero attached hydrogens (tertiary/aromatic N) is 3. The van der Waals surface area contributed by atoms with E-state index in [-0.39, 0.29) is 17.9 Å². The summed E-state index contributed by atoms with van der Waals surface area (Å²) in [5.41, 5.74) is -0.284. The highest BCUT2D eigenvalue weighted by Crippen LogP contribution is 2.27. The number of pyridine rings is 1. The Bertz CT molecular complexity index is 1090.